The Balaban J connectivity index is 1.56. The summed E-state index contributed by atoms with van der Waals surface area (Å²) in [6.45, 7) is 0.643. The lowest BCUT2D eigenvalue weighted by Gasteiger charge is -2.10. The number of fused-ring (bicyclic) bond motifs is 1. The van der Waals surface area contributed by atoms with E-state index in [-0.39, 0.29) is 0 Å². The lowest BCUT2D eigenvalue weighted by Crippen LogP contribution is -2.02. The Kier molecular flexibility index (Phi) is 4.80. The van der Waals surface area contributed by atoms with E-state index in [0.717, 1.165) is 39.2 Å². The third-order valence-corrected chi connectivity index (χ3v) is 5.94. The van der Waals surface area contributed by atoms with E-state index in [4.69, 9.17) is 16.6 Å². The first-order valence-electron chi connectivity index (χ1n) is 9.36. The van der Waals surface area contributed by atoms with Gasteiger partial charge in [-0.2, -0.15) is 5.26 Å². The van der Waals surface area contributed by atoms with Gasteiger partial charge in [0.25, 0.3) is 0 Å². The molecule has 0 atom stereocenters. The summed E-state index contributed by atoms with van der Waals surface area (Å²) in [6.07, 6.45) is 0. The standard InChI is InChI=1S/C24H15ClN4S/c25-20-6-3-7-22-23(20)28-24(21-14-30-15-27-21)29(22)13-16-8-10-17(11-9-16)19-5-2-1-4-18(19)12-26/h1-11,14-15H,13H2. The Bertz CT molecular complexity index is 1380. The van der Waals surface area contributed by atoms with Gasteiger partial charge in [-0.15, -0.1) is 11.3 Å². The molecule has 0 aliphatic rings. The van der Waals surface area contributed by atoms with Crippen LogP contribution in [0.15, 0.2) is 77.6 Å². The summed E-state index contributed by atoms with van der Waals surface area (Å²) in [4.78, 5) is 9.23. The van der Waals surface area contributed by atoms with Crippen LogP contribution >= 0.6 is 22.9 Å². The molecule has 0 saturated heterocycles. The number of thiazole rings is 1. The largest absolute Gasteiger partial charge is 0.318 e. The summed E-state index contributed by atoms with van der Waals surface area (Å²) in [6, 6.07) is 24.0. The highest BCUT2D eigenvalue weighted by molar-refractivity contribution is 7.07. The fraction of sp³-hybridized carbons (Fsp3) is 0.0417. The Morgan fingerprint density at radius 3 is 2.60 bits per heavy atom. The number of nitrogens with zero attached hydrogens (tertiary/aromatic N) is 4. The van der Waals surface area contributed by atoms with Crippen LogP contribution in [-0.2, 0) is 6.54 Å². The molecule has 0 fully saturated rings. The highest BCUT2D eigenvalue weighted by atomic mass is 35.5. The quantitative estimate of drug-likeness (QED) is 0.334. The molecule has 0 saturated carbocycles. The van der Waals surface area contributed by atoms with Crippen LogP contribution < -0.4 is 0 Å². The Morgan fingerprint density at radius 2 is 1.83 bits per heavy atom. The van der Waals surface area contributed by atoms with Crippen molar-refractivity contribution in [1.29, 1.82) is 5.26 Å². The minimum Gasteiger partial charge on any atom is -0.318 e. The molecule has 5 rings (SSSR count). The predicted molar refractivity (Wildman–Crippen MR) is 122 cm³/mol. The van der Waals surface area contributed by atoms with Crippen molar-refractivity contribution in [1.82, 2.24) is 14.5 Å². The van der Waals surface area contributed by atoms with Gasteiger partial charge in [0.2, 0.25) is 0 Å². The van der Waals surface area contributed by atoms with Crippen LogP contribution in [0.1, 0.15) is 11.1 Å². The van der Waals surface area contributed by atoms with Crippen molar-refractivity contribution in [2.24, 2.45) is 0 Å². The second kappa shape index (κ2) is 7.75. The Labute approximate surface area is 182 Å². The first kappa shape index (κ1) is 18.6. The molecule has 0 aliphatic heterocycles. The zero-order chi connectivity index (χ0) is 20.5. The van der Waals surface area contributed by atoms with Crippen LogP contribution in [0.3, 0.4) is 0 Å². The maximum absolute atomic E-state index is 9.37. The van der Waals surface area contributed by atoms with Gasteiger partial charge in [-0.3, -0.25) is 0 Å². The third-order valence-electron chi connectivity index (χ3n) is 5.04. The minimum atomic E-state index is 0.631. The van der Waals surface area contributed by atoms with Crippen molar-refractivity contribution in [3.05, 3.63) is 93.8 Å². The van der Waals surface area contributed by atoms with Crippen molar-refractivity contribution in [2.75, 3.05) is 0 Å². The minimum absolute atomic E-state index is 0.631. The lowest BCUT2D eigenvalue weighted by atomic mass is 9.99. The van der Waals surface area contributed by atoms with Crippen molar-refractivity contribution >= 4 is 34.0 Å². The average molecular weight is 427 g/mol. The molecule has 0 bridgehead atoms. The van der Waals surface area contributed by atoms with Crippen LogP contribution in [0.2, 0.25) is 5.02 Å². The molecule has 0 unspecified atom stereocenters. The monoisotopic (exact) mass is 426 g/mol. The molecule has 6 heteroatoms. The maximum atomic E-state index is 9.37. The predicted octanol–water partition coefficient (Wildman–Crippen LogP) is 6.40. The molecule has 0 aliphatic carbocycles. The van der Waals surface area contributed by atoms with E-state index >= 15 is 0 Å². The lowest BCUT2D eigenvalue weighted by molar-refractivity contribution is 0.831. The first-order valence-corrected chi connectivity index (χ1v) is 10.7. The SMILES string of the molecule is N#Cc1ccccc1-c1ccc(Cn2c(-c3cscn3)nc3c(Cl)cccc32)cc1. The molecular formula is C24H15ClN4S. The number of benzene rings is 3. The van der Waals surface area contributed by atoms with Crippen LogP contribution in [0, 0.1) is 11.3 Å². The number of aromatic nitrogens is 3. The second-order valence-electron chi connectivity index (χ2n) is 6.86. The molecule has 30 heavy (non-hydrogen) atoms. The topological polar surface area (TPSA) is 54.5 Å². The zero-order valence-electron chi connectivity index (χ0n) is 15.8. The van der Waals surface area contributed by atoms with Crippen molar-refractivity contribution in [2.45, 2.75) is 6.54 Å². The number of imidazole rings is 1. The number of halogens is 1. The van der Waals surface area contributed by atoms with Crippen molar-refractivity contribution in [3.8, 4) is 28.7 Å². The number of hydrogen-bond donors (Lipinski definition) is 0. The van der Waals surface area contributed by atoms with Crippen molar-refractivity contribution < 1.29 is 0 Å². The van der Waals surface area contributed by atoms with Crippen LogP contribution in [0.25, 0.3) is 33.7 Å². The second-order valence-corrected chi connectivity index (χ2v) is 7.98. The van der Waals surface area contributed by atoms with E-state index < -0.39 is 0 Å². The molecule has 0 amide bonds. The van der Waals surface area contributed by atoms with Crippen molar-refractivity contribution in [3.63, 3.8) is 0 Å². The molecule has 5 aromatic rings. The average Bonchev–Trinajstić information content (AvgIpc) is 3.43. The van der Waals surface area contributed by atoms with Gasteiger partial charge in [0.1, 0.15) is 11.2 Å². The highest BCUT2D eigenvalue weighted by Crippen LogP contribution is 2.30. The Morgan fingerprint density at radius 1 is 1.00 bits per heavy atom. The van der Waals surface area contributed by atoms with Gasteiger partial charge in [-0.1, -0.05) is 60.1 Å². The highest BCUT2D eigenvalue weighted by Gasteiger charge is 2.16. The summed E-state index contributed by atoms with van der Waals surface area (Å²) < 4.78 is 2.15. The molecule has 2 heterocycles. The number of rotatable bonds is 4. The molecule has 0 spiro atoms. The number of nitriles is 1. The van der Waals surface area contributed by atoms with Crippen LogP contribution in [0.4, 0.5) is 0 Å². The fourth-order valence-electron chi connectivity index (χ4n) is 3.60. The summed E-state index contributed by atoms with van der Waals surface area (Å²) in [5.41, 5.74) is 8.17. The molecule has 3 aromatic carbocycles. The van der Waals surface area contributed by atoms with Gasteiger partial charge in [-0.05, 0) is 34.9 Å². The summed E-state index contributed by atoms with van der Waals surface area (Å²) in [7, 11) is 0. The fourth-order valence-corrected chi connectivity index (χ4v) is 4.34. The molecular weight excluding hydrogens is 412 g/mol. The van der Waals surface area contributed by atoms with E-state index in [9.17, 15) is 5.26 Å². The van der Waals surface area contributed by atoms with E-state index in [1.54, 1.807) is 11.3 Å². The van der Waals surface area contributed by atoms with E-state index in [1.165, 1.54) is 0 Å². The van der Waals surface area contributed by atoms with Gasteiger partial charge < -0.3 is 4.57 Å². The summed E-state index contributed by atoms with van der Waals surface area (Å²) in [5, 5.41) is 12.0. The zero-order valence-corrected chi connectivity index (χ0v) is 17.4. The van der Waals surface area contributed by atoms with Gasteiger partial charge in [-0.25, -0.2) is 9.97 Å². The molecule has 144 valence electrons. The summed E-state index contributed by atoms with van der Waals surface area (Å²) in [5.74, 6) is 0.804. The van der Waals surface area contributed by atoms with E-state index in [0.29, 0.717) is 17.1 Å². The molecule has 4 nitrogen and oxygen atoms in total. The van der Waals surface area contributed by atoms with Gasteiger partial charge in [0.05, 0.1) is 27.7 Å². The first-order chi connectivity index (χ1) is 14.7. The van der Waals surface area contributed by atoms with Crippen LogP contribution in [0.5, 0.6) is 0 Å². The normalized spacial score (nSPS) is 10.9. The molecule has 0 N–H and O–H groups in total. The molecule has 0 radical (unpaired) electrons. The summed E-state index contributed by atoms with van der Waals surface area (Å²) >= 11 is 7.95. The third kappa shape index (κ3) is 3.26. The smallest absolute Gasteiger partial charge is 0.161 e. The maximum Gasteiger partial charge on any atom is 0.161 e. The van der Waals surface area contributed by atoms with Gasteiger partial charge in [0.15, 0.2) is 5.82 Å². The number of hydrogen-bond acceptors (Lipinski definition) is 4. The molecule has 2 aromatic heterocycles. The van der Waals surface area contributed by atoms with Crippen LogP contribution in [-0.4, -0.2) is 14.5 Å². The Hall–Kier alpha value is -3.46. The van der Waals surface area contributed by atoms with Gasteiger partial charge in [0, 0.05) is 11.9 Å². The van der Waals surface area contributed by atoms with E-state index in [1.807, 2.05) is 53.4 Å². The number of para-hydroxylation sites is 1. The van der Waals surface area contributed by atoms with E-state index in [2.05, 4.69) is 39.9 Å². The van der Waals surface area contributed by atoms with Gasteiger partial charge >= 0.3 is 0 Å².